The fraction of sp³-hybridized carbons (Fsp3) is 0.414. The predicted octanol–water partition coefficient (Wildman–Crippen LogP) is 4.06. The fourth-order valence-electron chi connectivity index (χ4n) is 6.15. The number of carbonyl (C=O) groups is 2. The monoisotopic (exact) mass is 514 g/mol. The zero-order valence-corrected chi connectivity index (χ0v) is 21.9. The molecule has 1 aromatic heterocycles. The molecule has 1 unspecified atom stereocenters. The second kappa shape index (κ2) is 10.1. The summed E-state index contributed by atoms with van der Waals surface area (Å²) in [7, 11) is 1.59. The molecule has 2 saturated heterocycles. The van der Waals surface area contributed by atoms with E-state index in [0.717, 1.165) is 43.7 Å². The van der Waals surface area contributed by atoms with Gasteiger partial charge in [-0.15, -0.1) is 0 Å². The molecule has 9 heteroatoms. The highest BCUT2D eigenvalue weighted by Crippen LogP contribution is 2.38. The van der Waals surface area contributed by atoms with E-state index in [-0.39, 0.29) is 24.0 Å². The molecule has 38 heavy (non-hydrogen) atoms. The van der Waals surface area contributed by atoms with Crippen LogP contribution < -0.4 is 10.1 Å². The Kier molecular flexibility index (Phi) is 6.53. The van der Waals surface area contributed by atoms with Crippen LogP contribution in [0.15, 0.2) is 54.6 Å². The lowest BCUT2D eigenvalue weighted by molar-refractivity contribution is 0.0517. The molecule has 0 spiro atoms. The largest absolute Gasteiger partial charge is 0.497 e. The van der Waals surface area contributed by atoms with Crippen LogP contribution in [-0.2, 0) is 13.0 Å². The average Bonchev–Trinajstić information content (AvgIpc) is 3.65. The maximum Gasteiger partial charge on any atom is 0.321 e. The van der Waals surface area contributed by atoms with Crippen LogP contribution in [0.5, 0.6) is 5.75 Å². The SMILES string of the molecule is COc1ccc(C(=O)Nc2n[nH]c3c2CN(C(=O)N2C[C@@H]4CCCN4C[C@@H]2Cc2ccccc2)C3C)cc1. The van der Waals surface area contributed by atoms with E-state index in [0.29, 0.717) is 29.7 Å². The van der Waals surface area contributed by atoms with E-state index in [1.165, 1.54) is 12.0 Å². The van der Waals surface area contributed by atoms with Crippen LogP contribution >= 0.6 is 0 Å². The number of ether oxygens (including phenoxy) is 1. The first kappa shape index (κ1) is 24.5. The summed E-state index contributed by atoms with van der Waals surface area (Å²) in [6.45, 7) is 5.21. The Labute approximate surface area is 222 Å². The van der Waals surface area contributed by atoms with Crippen molar-refractivity contribution in [2.45, 2.75) is 50.9 Å². The van der Waals surface area contributed by atoms with Crippen LogP contribution in [-0.4, -0.2) is 75.7 Å². The number of aromatic nitrogens is 2. The quantitative estimate of drug-likeness (QED) is 0.536. The van der Waals surface area contributed by atoms with Gasteiger partial charge in [0.25, 0.3) is 5.91 Å². The number of fused-ring (bicyclic) bond motifs is 2. The van der Waals surface area contributed by atoms with Crippen molar-refractivity contribution in [2.75, 3.05) is 32.1 Å². The van der Waals surface area contributed by atoms with Crippen molar-refractivity contribution in [1.29, 1.82) is 0 Å². The lowest BCUT2D eigenvalue weighted by Gasteiger charge is -2.45. The summed E-state index contributed by atoms with van der Waals surface area (Å²) in [5, 5.41) is 10.4. The van der Waals surface area contributed by atoms with Crippen LogP contribution in [0, 0.1) is 0 Å². The van der Waals surface area contributed by atoms with E-state index in [1.807, 2.05) is 17.9 Å². The van der Waals surface area contributed by atoms with Gasteiger partial charge in [-0.2, -0.15) is 5.10 Å². The number of hydrogen-bond donors (Lipinski definition) is 2. The van der Waals surface area contributed by atoms with Gasteiger partial charge < -0.3 is 19.9 Å². The molecule has 0 aliphatic carbocycles. The maximum absolute atomic E-state index is 14.1. The second-order valence-corrected chi connectivity index (χ2v) is 10.5. The third-order valence-electron chi connectivity index (χ3n) is 8.30. The van der Waals surface area contributed by atoms with Gasteiger partial charge in [0, 0.05) is 30.3 Å². The predicted molar refractivity (Wildman–Crippen MR) is 144 cm³/mol. The number of carbonyl (C=O) groups excluding carboxylic acids is 2. The molecule has 4 heterocycles. The zero-order chi connectivity index (χ0) is 26.2. The standard InChI is InChI=1S/C29H34N6O3/c1-19-26-25(27(32-31-26)30-28(36)21-10-12-24(38-2)13-11-21)18-34(19)29(37)35-17-22-9-6-14-33(22)16-23(35)15-20-7-4-3-5-8-20/h3-5,7-8,10-13,19,22-23H,6,9,14-18H2,1-2H3,(H2,30,31,32,36)/t19?,22-,23-/m0/s1. The third kappa shape index (κ3) is 4.51. The van der Waals surface area contributed by atoms with Gasteiger partial charge in [-0.3, -0.25) is 14.8 Å². The Morgan fingerprint density at radius 2 is 1.87 bits per heavy atom. The number of piperazine rings is 1. The summed E-state index contributed by atoms with van der Waals surface area (Å²) in [6.07, 6.45) is 3.17. The molecule has 6 rings (SSSR count). The number of benzene rings is 2. The summed E-state index contributed by atoms with van der Waals surface area (Å²) in [6, 6.07) is 17.8. The molecular formula is C29H34N6O3. The Hall–Kier alpha value is -3.85. The van der Waals surface area contributed by atoms with Crippen molar-refractivity contribution in [3.63, 3.8) is 0 Å². The van der Waals surface area contributed by atoms with Crippen molar-refractivity contribution in [3.8, 4) is 5.75 Å². The van der Waals surface area contributed by atoms with E-state index in [2.05, 4.69) is 49.6 Å². The first-order valence-electron chi connectivity index (χ1n) is 13.4. The highest BCUT2D eigenvalue weighted by molar-refractivity contribution is 6.04. The molecule has 3 atom stereocenters. The molecule has 0 bridgehead atoms. The molecule has 0 radical (unpaired) electrons. The Morgan fingerprint density at radius 1 is 1.08 bits per heavy atom. The van der Waals surface area contributed by atoms with Crippen LogP contribution in [0.25, 0.3) is 0 Å². The number of urea groups is 1. The van der Waals surface area contributed by atoms with Crippen LogP contribution in [0.4, 0.5) is 10.6 Å². The number of methoxy groups -OCH3 is 1. The van der Waals surface area contributed by atoms with Crippen LogP contribution in [0.2, 0.25) is 0 Å². The van der Waals surface area contributed by atoms with Gasteiger partial charge in [-0.05, 0) is 62.6 Å². The first-order chi connectivity index (χ1) is 18.5. The summed E-state index contributed by atoms with van der Waals surface area (Å²) in [5.41, 5.74) is 3.51. The van der Waals surface area contributed by atoms with Crippen molar-refractivity contribution in [1.82, 2.24) is 24.9 Å². The smallest absolute Gasteiger partial charge is 0.321 e. The number of H-pyrrole nitrogens is 1. The number of nitrogens with zero attached hydrogens (tertiary/aromatic N) is 4. The van der Waals surface area contributed by atoms with E-state index in [9.17, 15) is 9.59 Å². The lowest BCUT2D eigenvalue weighted by atomic mass is 10.00. The van der Waals surface area contributed by atoms with Crippen LogP contribution in [0.3, 0.4) is 0 Å². The molecule has 2 N–H and O–H groups in total. The lowest BCUT2D eigenvalue weighted by Crippen LogP contribution is -2.60. The van der Waals surface area contributed by atoms with E-state index in [1.54, 1.807) is 31.4 Å². The summed E-state index contributed by atoms with van der Waals surface area (Å²) >= 11 is 0. The number of aromatic amines is 1. The van der Waals surface area contributed by atoms with Crippen molar-refractivity contribution >= 4 is 17.8 Å². The minimum absolute atomic E-state index is 0.0574. The summed E-state index contributed by atoms with van der Waals surface area (Å²) < 4.78 is 5.18. The molecule has 0 saturated carbocycles. The average molecular weight is 515 g/mol. The molecular weight excluding hydrogens is 480 g/mol. The fourth-order valence-corrected chi connectivity index (χ4v) is 6.15. The maximum atomic E-state index is 14.1. The van der Waals surface area contributed by atoms with Crippen molar-refractivity contribution in [2.24, 2.45) is 0 Å². The van der Waals surface area contributed by atoms with Crippen molar-refractivity contribution in [3.05, 3.63) is 77.0 Å². The first-order valence-corrected chi connectivity index (χ1v) is 13.4. The van der Waals surface area contributed by atoms with Crippen LogP contribution in [0.1, 0.15) is 53.0 Å². The van der Waals surface area contributed by atoms with E-state index in [4.69, 9.17) is 4.74 Å². The zero-order valence-electron chi connectivity index (χ0n) is 21.9. The minimum Gasteiger partial charge on any atom is -0.497 e. The summed E-state index contributed by atoms with van der Waals surface area (Å²) in [5.74, 6) is 0.915. The van der Waals surface area contributed by atoms with E-state index >= 15 is 0 Å². The molecule has 2 fully saturated rings. The molecule has 3 aliphatic heterocycles. The molecule has 2 aromatic carbocycles. The molecule has 3 amide bonds. The topological polar surface area (TPSA) is 93.8 Å². The van der Waals surface area contributed by atoms with Gasteiger partial charge in [0.15, 0.2) is 5.82 Å². The van der Waals surface area contributed by atoms with Gasteiger partial charge in [0.1, 0.15) is 5.75 Å². The Balaban J connectivity index is 1.19. The van der Waals surface area contributed by atoms with E-state index < -0.39 is 0 Å². The molecule has 3 aliphatic rings. The second-order valence-electron chi connectivity index (χ2n) is 10.5. The highest BCUT2D eigenvalue weighted by atomic mass is 16.5. The van der Waals surface area contributed by atoms with Gasteiger partial charge in [0.05, 0.1) is 31.4 Å². The molecule has 3 aromatic rings. The number of hydrogen-bond acceptors (Lipinski definition) is 5. The normalized spacial score (nSPS) is 22.7. The van der Waals surface area contributed by atoms with Crippen molar-refractivity contribution < 1.29 is 14.3 Å². The Morgan fingerprint density at radius 3 is 2.63 bits per heavy atom. The number of nitrogens with one attached hydrogen (secondary N) is 2. The number of amides is 3. The summed E-state index contributed by atoms with van der Waals surface area (Å²) in [4.78, 5) is 33.5. The third-order valence-corrected chi connectivity index (χ3v) is 8.30. The van der Waals surface area contributed by atoms with Gasteiger partial charge >= 0.3 is 6.03 Å². The highest BCUT2D eigenvalue weighted by Gasteiger charge is 2.43. The minimum atomic E-state index is -0.250. The van der Waals surface area contributed by atoms with Gasteiger partial charge in [-0.25, -0.2) is 4.79 Å². The van der Waals surface area contributed by atoms with Gasteiger partial charge in [-0.1, -0.05) is 30.3 Å². The van der Waals surface area contributed by atoms with Gasteiger partial charge in [0.2, 0.25) is 0 Å². The molecule has 9 nitrogen and oxygen atoms in total. The molecule has 198 valence electrons. The number of rotatable bonds is 5. The number of anilines is 1. The Bertz CT molecular complexity index is 1310.